The molecule has 15 heavy (non-hydrogen) atoms. The van der Waals surface area contributed by atoms with E-state index in [1.807, 2.05) is 0 Å². The molecule has 3 nitrogen and oxygen atoms in total. The summed E-state index contributed by atoms with van der Waals surface area (Å²) < 4.78 is 0. The van der Waals surface area contributed by atoms with Gasteiger partial charge in [-0.05, 0) is 30.8 Å². The molecule has 0 atom stereocenters. The van der Waals surface area contributed by atoms with Crippen LogP contribution in [0.3, 0.4) is 0 Å². The summed E-state index contributed by atoms with van der Waals surface area (Å²) in [6, 6.07) is 5.66. The largest absolute Gasteiger partial charge is 0.508 e. The molecule has 1 aromatic rings. The van der Waals surface area contributed by atoms with Gasteiger partial charge in [-0.15, -0.1) is 0 Å². The molecule has 1 saturated heterocycles. The Labute approximate surface area is 94.7 Å². The summed E-state index contributed by atoms with van der Waals surface area (Å²) in [5.74, 6) is 0.273. The van der Waals surface area contributed by atoms with Crippen LogP contribution in [0, 0.1) is 0 Å². The van der Waals surface area contributed by atoms with Crippen LogP contribution in [0.2, 0.25) is 5.02 Å². The zero-order chi connectivity index (χ0) is 10.8. The molecule has 0 aliphatic carbocycles. The van der Waals surface area contributed by atoms with E-state index in [1.54, 1.807) is 18.2 Å². The number of halogens is 1. The number of hydrogen-bond acceptors (Lipinski definition) is 3. The van der Waals surface area contributed by atoms with Gasteiger partial charge in [-0.3, -0.25) is 4.90 Å². The number of phenolic OH excluding ortho intramolecular Hbond substituents is 1. The summed E-state index contributed by atoms with van der Waals surface area (Å²) in [5, 5.41) is 13.3. The SMILES string of the molecule is CN(Cc1cc(O)ccc1Cl)C1CNC1. The Balaban J connectivity index is 2.05. The van der Waals surface area contributed by atoms with E-state index in [-0.39, 0.29) is 5.75 Å². The van der Waals surface area contributed by atoms with Crippen molar-refractivity contribution in [1.29, 1.82) is 0 Å². The zero-order valence-corrected chi connectivity index (χ0v) is 9.46. The van der Waals surface area contributed by atoms with Crippen LogP contribution in [0.4, 0.5) is 0 Å². The first-order valence-corrected chi connectivity index (χ1v) is 5.43. The minimum absolute atomic E-state index is 0.273. The lowest BCUT2D eigenvalue weighted by Crippen LogP contribution is -2.55. The molecule has 0 spiro atoms. The van der Waals surface area contributed by atoms with Crippen molar-refractivity contribution in [2.24, 2.45) is 0 Å². The number of phenols is 1. The monoisotopic (exact) mass is 226 g/mol. The minimum atomic E-state index is 0.273. The van der Waals surface area contributed by atoms with Gasteiger partial charge in [0.1, 0.15) is 5.75 Å². The van der Waals surface area contributed by atoms with Gasteiger partial charge >= 0.3 is 0 Å². The first kappa shape index (κ1) is 10.7. The Morgan fingerprint density at radius 1 is 1.53 bits per heavy atom. The Morgan fingerprint density at radius 3 is 2.87 bits per heavy atom. The fourth-order valence-electron chi connectivity index (χ4n) is 1.67. The third-order valence-corrected chi connectivity index (χ3v) is 3.20. The van der Waals surface area contributed by atoms with Crippen LogP contribution in [0.1, 0.15) is 5.56 Å². The zero-order valence-electron chi connectivity index (χ0n) is 8.70. The highest BCUT2D eigenvalue weighted by atomic mass is 35.5. The second-order valence-corrected chi connectivity index (χ2v) is 4.41. The van der Waals surface area contributed by atoms with Crippen LogP contribution in [-0.2, 0) is 6.54 Å². The molecule has 2 N–H and O–H groups in total. The summed E-state index contributed by atoms with van der Waals surface area (Å²) in [7, 11) is 2.08. The summed E-state index contributed by atoms with van der Waals surface area (Å²) in [5.41, 5.74) is 0.978. The molecule has 1 aliphatic heterocycles. The Hall–Kier alpha value is -0.770. The number of hydrogen-bond donors (Lipinski definition) is 2. The van der Waals surface area contributed by atoms with Gasteiger partial charge in [0.25, 0.3) is 0 Å². The maximum atomic E-state index is 9.37. The number of likely N-dealkylation sites (N-methyl/N-ethyl adjacent to an activating group) is 1. The topological polar surface area (TPSA) is 35.5 Å². The van der Waals surface area contributed by atoms with Crippen LogP contribution in [0.25, 0.3) is 0 Å². The van der Waals surface area contributed by atoms with Crippen molar-refractivity contribution in [3.05, 3.63) is 28.8 Å². The van der Waals surface area contributed by atoms with Gasteiger partial charge in [0.2, 0.25) is 0 Å². The molecule has 1 aromatic carbocycles. The smallest absolute Gasteiger partial charge is 0.116 e. The summed E-state index contributed by atoms with van der Waals surface area (Å²) in [6.45, 7) is 2.85. The number of nitrogens with one attached hydrogen (secondary N) is 1. The van der Waals surface area contributed by atoms with E-state index < -0.39 is 0 Å². The van der Waals surface area contributed by atoms with Crippen molar-refractivity contribution < 1.29 is 5.11 Å². The standard InChI is InChI=1S/C11H15ClN2O/c1-14(9-5-13-6-9)7-8-4-10(15)2-3-11(8)12/h2-4,9,13,15H,5-7H2,1H3. The Morgan fingerprint density at radius 2 is 2.27 bits per heavy atom. The van der Waals surface area contributed by atoms with Crippen LogP contribution in [0.15, 0.2) is 18.2 Å². The van der Waals surface area contributed by atoms with Crippen LogP contribution >= 0.6 is 11.6 Å². The van der Waals surface area contributed by atoms with Crippen LogP contribution in [0.5, 0.6) is 5.75 Å². The third-order valence-electron chi connectivity index (χ3n) is 2.83. The van der Waals surface area contributed by atoms with Gasteiger partial charge in [0.15, 0.2) is 0 Å². The van der Waals surface area contributed by atoms with Gasteiger partial charge in [-0.2, -0.15) is 0 Å². The highest BCUT2D eigenvalue weighted by molar-refractivity contribution is 6.31. The first-order chi connectivity index (χ1) is 7.16. The summed E-state index contributed by atoms with van der Waals surface area (Å²) in [4.78, 5) is 2.25. The Bertz CT molecular complexity index is 352. The van der Waals surface area contributed by atoms with Gasteiger partial charge in [0.05, 0.1) is 0 Å². The number of benzene rings is 1. The maximum absolute atomic E-state index is 9.37. The molecule has 82 valence electrons. The number of nitrogens with zero attached hydrogens (tertiary/aromatic N) is 1. The summed E-state index contributed by atoms with van der Waals surface area (Å²) in [6.07, 6.45) is 0. The van der Waals surface area contributed by atoms with Crippen molar-refractivity contribution in [1.82, 2.24) is 10.2 Å². The molecule has 1 heterocycles. The van der Waals surface area contributed by atoms with Crippen molar-refractivity contribution in [2.75, 3.05) is 20.1 Å². The van der Waals surface area contributed by atoms with E-state index in [4.69, 9.17) is 11.6 Å². The molecule has 0 radical (unpaired) electrons. The van der Waals surface area contributed by atoms with Gasteiger partial charge < -0.3 is 10.4 Å². The average Bonchev–Trinajstić information content (AvgIpc) is 2.08. The molecular formula is C11H15ClN2O. The van der Waals surface area contributed by atoms with E-state index in [2.05, 4.69) is 17.3 Å². The van der Waals surface area contributed by atoms with E-state index in [0.29, 0.717) is 11.1 Å². The summed E-state index contributed by atoms with van der Waals surface area (Å²) >= 11 is 6.05. The van der Waals surface area contributed by atoms with E-state index in [0.717, 1.165) is 25.2 Å². The predicted molar refractivity (Wildman–Crippen MR) is 61.2 cm³/mol. The molecule has 0 saturated carbocycles. The molecule has 1 aliphatic rings. The lowest BCUT2D eigenvalue weighted by Gasteiger charge is -2.35. The normalized spacial score (nSPS) is 16.7. The molecule has 0 amide bonds. The van der Waals surface area contributed by atoms with Gasteiger partial charge in [-0.1, -0.05) is 11.6 Å². The molecular weight excluding hydrogens is 212 g/mol. The van der Waals surface area contributed by atoms with Crippen LogP contribution in [-0.4, -0.2) is 36.2 Å². The van der Waals surface area contributed by atoms with Crippen LogP contribution < -0.4 is 5.32 Å². The number of rotatable bonds is 3. The highest BCUT2D eigenvalue weighted by Crippen LogP contribution is 2.23. The lowest BCUT2D eigenvalue weighted by molar-refractivity contribution is 0.173. The maximum Gasteiger partial charge on any atom is 0.116 e. The fourth-order valence-corrected chi connectivity index (χ4v) is 1.84. The number of aromatic hydroxyl groups is 1. The first-order valence-electron chi connectivity index (χ1n) is 5.05. The lowest BCUT2D eigenvalue weighted by atomic mass is 10.1. The fraction of sp³-hybridized carbons (Fsp3) is 0.455. The third kappa shape index (κ3) is 2.43. The van der Waals surface area contributed by atoms with E-state index >= 15 is 0 Å². The molecule has 0 bridgehead atoms. The van der Waals surface area contributed by atoms with Crippen molar-refractivity contribution in [3.63, 3.8) is 0 Å². The molecule has 2 rings (SSSR count). The molecule has 0 unspecified atom stereocenters. The molecule has 1 fully saturated rings. The van der Waals surface area contributed by atoms with Crippen molar-refractivity contribution >= 4 is 11.6 Å². The van der Waals surface area contributed by atoms with E-state index in [9.17, 15) is 5.11 Å². The molecule has 4 heteroatoms. The Kier molecular flexibility index (Phi) is 3.14. The second kappa shape index (κ2) is 4.39. The van der Waals surface area contributed by atoms with Crippen molar-refractivity contribution in [3.8, 4) is 5.75 Å². The quantitative estimate of drug-likeness (QED) is 0.819. The van der Waals surface area contributed by atoms with E-state index in [1.165, 1.54) is 0 Å². The van der Waals surface area contributed by atoms with Gasteiger partial charge in [0, 0.05) is 30.7 Å². The second-order valence-electron chi connectivity index (χ2n) is 4.00. The van der Waals surface area contributed by atoms with Crippen molar-refractivity contribution in [2.45, 2.75) is 12.6 Å². The highest BCUT2D eigenvalue weighted by Gasteiger charge is 2.21. The average molecular weight is 227 g/mol. The predicted octanol–water partition coefficient (Wildman–Crippen LogP) is 1.45. The van der Waals surface area contributed by atoms with Gasteiger partial charge in [-0.25, -0.2) is 0 Å². The molecule has 0 aromatic heterocycles. The minimum Gasteiger partial charge on any atom is -0.508 e.